The summed E-state index contributed by atoms with van der Waals surface area (Å²) in [5, 5.41) is 8.17. The molecule has 0 radical (unpaired) electrons. The average molecular weight is 340 g/mol. The molecule has 3 rings (SSSR count). The van der Waals surface area contributed by atoms with Gasteiger partial charge in [0.2, 0.25) is 0 Å². The number of nitrogens with one attached hydrogen (secondary N) is 1. The third-order valence-electron chi connectivity index (χ3n) is 3.81. The maximum atomic E-state index is 13.0. The molecule has 122 valence electrons. The first kappa shape index (κ1) is 16.5. The van der Waals surface area contributed by atoms with E-state index in [1.165, 1.54) is 34.7 Å². The topological polar surface area (TPSA) is 44.2 Å². The molecule has 2 aromatic carbocycles. The molecule has 1 N–H and O–H groups in total. The van der Waals surface area contributed by atoms with Crippen LogP contribution in [0.5, 0.6) is 0 Å². The highest BCUT2D eigenvalue weighted by molar-refractivity contribution is 8.19. The van der Waals surface area contributed by atoms with E-state index in [2.05, 4.69) is 13.8 Å². The van der Waals surface area contributed by atoms with Crippen molar-refractivity contribution in [1.82, 2.24) is 0 Å². The van der Waals surface area contributed by atoms with Crippen LogP contribution in [0, 0.1) is 11.2 Å². The zero-order valence-corrected chi connectivity index (χ0v) is 14.2. The van der Waals surface area contributed by atoms with Gasteiger partial charge in [0.25, 0.3) is 5.91 Å². The second-order valence-corrected chi connectivity index (χ2v) is 6.88. The Morgan fingerprint density at radius 2 is 1.71 bits per heavy atom. The Morgan fingerprint density at radius 3 is 2.29 bits per heavy atom. The predicted molar refractivity (Wildman–Crippen MR) is 97.7 cm³/mol. The standard InChI is InChI=1S/C19H17FN2OS/c1-12(2)14-5-3-13(4-6-14)11-17-18(23)22(19(21)24-17)16-9-7-15(20)8-10-16/h3-12,21H,1-2H3/b17-11-,21-19?. The lowest BCUT2D eigenvalue weighted by Gasteiger charge is -2.13. The fraction of sp³-hybridized carbons (Fsp3) is 0.158. The number of amidine groups is 1. The van der Waals surface area contributed by atoms with Crippen LogP contribution in [0.25, 0.3) is 6.08 Å². The van der Waals surface area contributed by atoms with Crippen LogP contribution in [0.1, 0.15) is 30.9 Å². The fourth-order valence-electron chi connectivity index (χ4n) is 2.44. The van der Waals surface area contributed by atoms with Gasteiger partial charge >= 0.3 is 0 Å². The summed E-state index contributed by atoms with van der Waals surface area (Å²) in [6.45, 7) is 4.26. The molecule has 2 aromatic rings. The highest BCUT2D eigenvalue weighted by Crippen LogP contribution is 2.35. The zero-order valence-electron chi connectivity index (χ0n) is 13.4. The maximum absolute atomic E-state index is 13.0. The molecule has 0 bridgehead atoms. The first-order chi connectivity index (χ1) is 11.5. The Morgan fingerprint density at radius 1 is 1.08 bits per heavy atom. The predicted octanol–water partition coefficient (Wildman–Crippen LogP) is 5.00. The van der Waals surface area contributed by atoms with Gasteiger partial charge in [-0.1, -0.05) is 38.1 Å². The molecule has 0 spiro atoms. The van der Waals surface area contributed by atoms with Gasteiger partial charge in [-0.15, -0.1) is 0 Å². The summed E-state index contributed by atoms with van der Waals surface area (Å²) in [5.41, 5.74) is 2.66. The van der Waals surface area contributed by atoms with Gasteiger partial charge in [-0.25, -0.2) is 4.39 Å². The van der Waals surface area contributed by atoms with E-state index in [4.69, 9.17) is 5.41 Å². The summed E-state index contributed by atoms with van der Waals surface area (Å²) in [7, 11) is 0. The van der Waals surface area contributed by atoms with Gasteiger partial charge in [0, 0.05) is 0 Å². The number of carbonyl (C=O) groups is 1. The maximum Gasteiger partial charge on any atom is 0.271 e. The van der Waals surface area contributed by atoms with Crippen molar-refractivity contribution in [2.45, 2.75) is 19.8 Å². The summed E-state index contributed by atoms with van der Waals surface area (Å²) in [6, 6.07) is 13.6. The lowest BCUT2D eigenvalue weighted by atomic mass is 10.0. The summed E-state index contributed by atoms with van der Waals surface area (Å²) in [4.78, 5) is 14.4. The van der Waals surface area contributed by atoms with Crippen LogP contribution < -0.4 is 4.90 Å². The molecule has 3 nitrogen and oxygen atoms in total. The molecule has 0 aromatic heterocycles. The minimum atomic E-state index is -0.370. The molecule has 1 heterocycles. The van der Waals surface area contributed by atoms with E-state index in [9.17, 15) is 9.18 Å². The van der Waals surface area contributed by atoms with Crippen molar-refractivity contribution in [3.8, 4) is 0 Å². The van der Waals surface area contributed by atoms with Gasteiger partial charge in [0.05, 0.1) is 10.6 Å². The van der Waals surface area contributed by atoms with Crippen molar-refractivity contribution < 1.29 is 9.18 Å². The van der Waals surface area contributed by atoms with Crippen molar-refractivity contribution in [2.24, 2.45) is 0 Å². The largest absolute Gasteiger partial charge is 0.278 e. The normalized spacial score (nSPS) is 16.5. The van der Waals surface area contributed by atoms with Crippen LogP contribution in [-0.4, -0.2) is 11.1 Å². The Hall–Kier alpha value is -2.40. The molecule has 0 saturated carbocycles. The Balaban J connectivity index is 1.86. The molecule has 5 heteroatoms. The van der Waals surface area contributed by atoms with Crippen LogP contribution in [0.4, 0.5) is 10.1 Å². The van der Waals surface area contributed by atoms with E-state index in [1.807, 2.05) is 24.3 Å². The Kier molecular flexibility index (Phi) is 4.53. The smallest absolute Gasteiger partial charge is 0.271 e. The van der Waals surface area contributed by atoms with E-state index in [1.54, 1.807) is 6.08 Å². The molecular formula is C19H17FN2OS. The number of amides is 1. The van der Waals surface area contributed by atoms with Gasteiger partial charge in [-0.3, -0.25) is 15.1 Å². The molecule has 1 saturated heterocycles. The summed E-state index contributed by atoms with van der Waals surface area (Å²) < 4.78 is 13.0. The van der Waals surface area contributed by atoms with E-state index >= 15 is 0 Å². The first-order valence-electron chi connectivity index (χ1n) is 7.64. The lowest BCUT2D eigenvalue weighted by Crippen LogP contribution is -2.28. The molecule has 1 aliphatic heterocycles. The van der Waals surface area contributed by atoms with Crippen molar-refractivity contribution in [1.29, 1.82) is 5.41 Å². The van der Waals surface area contributed by atoms with Crippen LogP contribution in [0.2, 0.25) is 0 Å². The molecule has 1 fully saturated rings. The van der Waals surface area contributed by atoms with E-state index in [0.29, 0.717) is 16.5 Å². The van der Waals surface area contributed by atoms with Crippen molar-refractivity contribution in [2.75, 3.05) is 4.90 Å². The molecule has 24 heavy (non-hydrogen) atoms. The monoisotopic (exact) mass is 340 g/mol. The van der Waals surface area contributed by atoms with Crippen LogP contribution in [0.3, 0.4) is 0 Å². The van der Waals surface area contributed by atoms with Crippen molar-refractivity contribution >= 4 is 34.6 Å². The average Bonchev–Trinajstić information content (AvgIpc) is 2.83. The van der Waals surface area contributed by atoms with Crippen LogP contribution in [-0.2, 0) is 4.79 Å². The van der Waals surface area contributed by atoms with Crippen LogP contribution >= 0.6 is 11.8 Å². The molecule has 0 aliphatic carbocycles. The zero-order chi connectivity index (χ0) is 17.3. The molecule has 1 aliphatic rings. The summed E-state index contributed by atoms with van der Waals surface area (Å²) in [5.74, 6) is -0.175. The summed E-state index contributed by atoms with van der Waals surface area (Å²) >= 11 is 1.11. The third-order valence-corrected chi connectivity index (χ3v) is 4.70. The van der Waals surface area contributed by atoms with Crippen LogP contribution in [0.15, 0.2) is 53.4 Å². The molecule has 1 amide bonds. The van der Waals surface area contributed by atoms with Gasteiger partial charge in [0.15, 0.2) is 5.17 Å². The van der Waals surface area contributed by atoms with Gasteiger partial charge in [0.1, 0.15) is 5.82 Å². The number of halogens is 1. The minimum absolute atomic E-state index is 0.122. The van der Waals surface area contributed by atoms with Gasteiger partial charge in [-0.2, -0.15) is 0 Å². The van der Waals surface area contributed by atoms with Crippen molar-refractivity contribution in [3.63, 3.8) is 0 Å². The molecule has 0 atom stereocenters. The minimum Gasteiger partial charge on any atom is -0.278 e. The second-order valence-electron chi connectivity index (χ2n) is 5.85. The van der Waals surface area contributed by atoms with Gasteiger partial charge in [-0.05, 0) is 59.1 Å². The Bertz CT molecular complexity index is 810. The Labute approximate surface area is 144 Å². The highest BCUT2D eigenvalue weighted by Gasteiger charge is 2.33. The number of rotatable bonds is 3. The van der Waals surface area contributed by atoms with Gasteiger partial charge < -0.3 is 0 Å². The number of carbonyl (C=O) groups excluding carboxylic acids is 1. The summed E-state index contributed by atoms with van der Waals surface area (Å²) in [6.07, 6.45) is 1.79. The van der Waals surface area contributed by atoms with Crippen molar-refractivity contribution in [3.05, 3.63) is 70.4 Å². The number of thioether (sulfide) groups is 1. The quantitative estimate of drug-likeness (QED) is 0.799. The van der Waals surface area contributed by atoms with E-state index < -0.39 is 0 Å². The highest BCUT2D eigenvalue weighted by atomic mass is 32.2. The fourth-order valence-corrected chi connectivity index (χ4v) is 3.30. The third kappa shape index (κ3) is 3.26. The second kappa shape index (κ2) is 6.61. The number of benzene rings is 2. The van der Waals surface area contributed by atoms with E-state index in [0.717, 1.165) is 17.3 Å². The van der Waals surface area contributed by atoms with E-state index in [-0.39, 0.29) is 16.9 Å². The first-order valence-corrected chi connectivity index (χ1v) is 8.45. The number of anilines is 1. The number of nitrogens with zero attached hydrogens (tertiary/aromatic N) is 1. The molecular weight excluding hydrogens is 323 g/mol. The SMILES string of the molecule is CC(C)c1ccc(/C=C2\SC(=N)N(c3ccc(F)cc3)C2=O)cc1. The number of hydrogen-bond donors (Lipinski definition) is 1. The molecule has 0 unspecified atom stereocenters. The lowest BCUT2D eigenvalue weighted by molar-refractivity contribution is -0.113. The number of hydrogen-bond acceptors (Lipinski definition) is 3.